The molecule has 1 aromatic heterocycles. The minimum atomic E-state index is -0.662. The monoisotopic (exact) mass is 493 g/mol. The number of nitrogens with one attached hydrogen (secondary N) is 2. The second-order valence-corrected chi connectivity index (χ2v) is 8.57. The van der Waals surface area contributed by atoms with Crippen LogP contribution in [0.15, 0.2) is 60.7 Å². The number of aromatic nitrogens is 1. The first kappa shape index (κ1) is 26.7. The molecule has 0 saturated heterocycles. The highest BCUT2D eigenvalue weighted by Crippen LogP contribution is 2.28. The second kappa shape index (κ2) is 12.7. The minimum Gasteiger partial charge on any atom is -0.467 e. The van der Waals surface area contributed by atoms with E-state index in [1.165, 1.54) is 26.2 Å². The average molecular weight is 494 g/mol. The number of ether oxygens (including phenoxy) is 1. The molecule has 1 heterocycles. The van der Waals surface area contributed by atoms with Gasteiger partial charge in [-0.2, -0.15) is 0 Å². The van der Waals surface area contributed by atoms with Gasteiger partial charge in [0, 0.05) is 30.4 Å². The summed E-state index contributed by atoms with van der Waals surface area (Å²) in [7, 11) is 1.31. The number of rotatable bonds is 11. The summed E-state index contributed by atoms with van der Waals surface area (Å²) in [6.07, 6.45) is 2.83. The number of carbonyl (C=O) groups excluding carboxylic acids is 3. The van der Waals surface area contributed by atoms with Crippen molar-refractivity contribution in [3.63, 3.8) is 0 Å². The van der Waals surface area contributed by atoms with Crippen LogP contribution in [0.4, 0.5) is 10.1 Å². The summed E-state index contributed by atoms with van der Waals surface area (Å²) in [5, 5.41) is 5.55. The first-order valence-corrected chi connectivity index (χ1v) is 12.0. The predicted molar refractivity (Wildman–Crippen MR) is 137 cm³/mol. The zero-order valence-electron chi connectivity index (χ0n) is 20.8. The van der Waals surface area contributed by atoms with Crippen LogP contribution in [-0.2, 0) is 25.5 Å². The van der Waals surface area contributed by atoms with E-state index in [9.17, 15) is 18.8 Å². The van der Waals surface area contributed by atoms with Gasteiger partial charge in [-0.15, -0.1) is 0 Å². The summed E-state index contributed by atoms with van der Waals surface area (Å²) in [5.41, 5.74) is 4.04. The van der Waals surface area contributed by atoms with Crippen LogP contribution < -0.4 is 10.6 Å². The van der Waals surface area contributed by atoms with Gasteiger partial charge in [0.1, 0.15) is 11.9 Å². The highest BCUT2D eigenvalue weighted by atomic mass is 19.1. The molecule has 0 aliphatic carbocycles. The van der Waals surface area contributed by atoms with E-state index in [0.29, 0.717) is 18.5 Å². The van der Waals surface area contributed by atoms with Crippen molar-refractivity contribution in [3.05, 3.63) is 72.2 Å². The molecule has 7 nitrogen and oxygen atoms in total. The lowest BCUT2D eigenvalue weighted by atomic mass is 10.1. The van der Waals surface area contributed by atoms with Crippen LogP contribution >= 0.6 is 0 Å². The molecule has 8 heteroatoms. The first-order chi connectivity index (χ1) is 17.3. The van der Waals surface area contributed by atoms with Crippen molar-refractivity contribution in [1.82, 2.24) is 9.88 Å². The molecule has 0 radical (unpaired) electrons. The summed E-state index contributed by atoms with van der Waals surface area (Å²) < 4.78 is 20.4. The summed E-state index contributed by atoms with van der Waals surface area (Å²) in [5.74, 6) is -1.17. The van der Waals surface area contributed by atoms with Gasteiger partial charge >= 0.3 is 5.97 Å². The molecule has 2 amide bonds. The van der Waals surface area contributed by atoms with Gasteiger partial charge in [-0.3, -0.25) is 9.59 Å². The van der Waals surface area contributed by atoms with Crippen LogP contribution in [0.2, 0.25) is 0 Å². The molecule has 0 aliphatic rings. The summed E-state index contributed by atoms with van der Waals surface area (Å²) in [6.45, 7) is 3.47. The Morgan fingerprint density at radius 1 is 1.00 bits per heavy atom. The number of aryl methyl sites for hydroxylation is 1. The highest BCUT2D eigenvalue weighted by molar-refractivity contribution is 5.88. The van der Waals surface area contributed by atoms with E-state index in [1.54, 1.807) is 24.3 Å². The Morgan fingerprint density at radius 3 is 2.31 bits per heavy atom. The zero-order chi connectivity index (χ0) is 26.1. The number of unbranched alkanes of at least 4 members (excludes halogenated alkanes) is 1. The Labute approximate surface area is 210 Å². The van der Waals surface area contributed by atoms with Crippen LogP contribution in [-0.4, -0.2) is 35.5 Å². The molecule has 0 aliphatic heterocycles. The number of halogens is 1. The van der Waals surface area contributed by atoms with Crippen molar-refractivity contribution in [3.8, 4) is 16.9 Å². The Hall–Kier alpha value is -3.94. The fraction of sp³-hybridized carbons (Fsp3) is 0.321. The number of carbonyl (C=O) groups is 3. The van der Waals surface area contributed by atoms with Gasteiger partial charge in [0.2, 0.25) is 11.8 Å². The number of benzene rings is 2. The van der Waals surface area contributed by atoms with Gasteiger partial charge in [-0.05, 0) is 79.1 Å². The molecule has 0 spiro atoms. The van der Waals surface area contributed by atoms with Gasteiger partial charge in [-0.25, -0.2) is 9.18 Å². The molecule has 190 valence electrons. The van der Waals surface area contributed by atoms with Crippen molar-refractivity contribution in [2.24, 2.45) is 0 Å². The summed E-state index contributed by atoms with van der Waals surface area (Å²) in [6, 6.07) is 16.8. The third-order valence-electron chi connectivity index (χ3n) is 5.82. The number of anilines is 1. The SMILES string of the molecule is CCCC[C@H](NC(=O)CCc1ccc(-c2ccc(F)cc2)n1-c1ccc(NC(C)=O)cc1)C(=O)OC. The Kier molecular flexibility index (Phi) is 9.39. The quantitative estimate of drug-likeness (QED) is 0.367. The van der Waals surface area contributed by atoms with E-state index >= 15 is 0 Å². The van der Waals surface area contributed by atoms with Gasteiger partial charge in [0.25, 0.3) is 0 Å². The maximum absolute atomic E-state index is 13.5. The van der Waals surface area contributed by atoms with E-state index < -0.39 is 12.0 Å². The number of nitrogens with zero attached hydrogens (tertiary/aromatic N) is 1. The van der Waals surface area contributed by atoms with Gasteiger partial charge in [0.15, 0.2) is 0 Å². The first-order valence-electron chi connectivity index (χ1n) is 12.0. The average Bonchev–Trinajstić information content (AvgIpc) is 3.29. The van der Waals surface area contributed by atoms with Crippen molar-refractivity contribution < 1.29 is 23.5 Å². The minimum absolute atomic E-state index is 0.161. The third-order valence-corrected chi connectivity index (χ3v) is 5.82. The molecular weight excluding hydrogens is 461 g/mol. The normalized spacial score (nSPS) is 11.6. The molecule has 3 aromatic rings. The van der Waals surface area contributed by atoms with Crippen LogP contribution in [0.1, 0.15) is 45.2 Å². The number of esters is 1. The predicted octanol–water partition coefficient (Wildman–Crippen LogP) is 5.02. The van der Waals surface area contributed by atoms with Gasteiger partial charge < -0.3 is 19.9 Å². The van der Waals surface area contributed by atoms with Crippen molar-refractivity contribution in [1.29, 1.82) is 0 Å². The van der Waals surface area contributed by atoms with Crippen molar-refractivity contribution in [2.45, 2.75) is 52.0 Å². The molecule has 2 N–H and O–H groups in total. The lowest BCUT2D eigenvalue weighted by Crippen LogP contribution is -2.41. The maximum Gasteiger partial charge on any atom is 0.328 e. The van der Waals surface area contributed by atoms with Crippen molar-refractivity contribution >= 4 is 23.5 Å². The van der Waals surface area contributed by atoms with Gasteiger partial charge in [-0.1, -0.05) is 19.8 Å². The van der Waals surface area contributed by atoms with E-state index in [0.717, 1.165) is 35.5 Å². The topological polar surface area (TPSA) is 89.4 Å². The largest absolute Gasteiger partial charge is 0.467 e. The smallest absolute Gasteiger partial charge is 0.328 e. The highest BCUT2D eigenvalue weighted by Gasteiger charge is 2.21. The zero-order valence-corrected chi connectivity index (χ0v) is 20.8. The lowest BCUT2D eigenvalue weighted by Gasteiger charge is -2.17. The van der Waals surface area contributed by atoms with E-state index in [2.05, 4.69) is 10.6 Å². The maximum atomic E-state index is 13.5. The van der Waals surface area contributed by atoms with E-state index in [-0.39, 0.29) is 24.1 Å². The number of amides is 2. The van der Waals surface area contributed by atoms with Crippen molar-refractivity contribution in [2.75, 3.05) is 12.4 Å². The van der Waals surface area contributed by atoms with Crippen LogP contribution in [0.3, 0.4) is 0 Å². The molecule has 2 aromatic carbocycles. The number of methoxy groups -OCH3 is 1. The lowest BCUT2D eigenvalue weighted by molar-refractivity contribution is -0.145. The summed E-state index contributed by atoms with van der Waals surface area (Å²) >= 11 is 0. The standard InChI is InChI=1S/C28H32FN3O4/c1-4-5-6-25(28(35)36-3)31-27(34)18-16-24-15-17-26(20-7-9-21(29)10-8-20)32(24)23-13-11-22(12-14-23)30-19(2)33/h7-15,17,25H,4-6,16,18H2,1-3H3,(H,30,33)(H,31,34)/t25-/m0/s1. The van der Waals surface area contributed by atoms with Gasteiger partial charge in [0.05, 0.1) is 12.8 Å². The molecule has 0 bridgehead atoms. The molecule has 0 fully saturated rings. The Morgan fingerprint density at radius 2 is 1.69 bits per heavy atom. The molecule has 1 atom stereocenters. The Bertz CT molecular complexity index is 1190. The number of hydrogen-bond donors (Lipinski definition) is 2. The Balaban J connectivity index is 1.85. The molecular formula is C28H32FN3O4. The molecule has 0 saturated carbocycles. The molecule has 0 unspecified atom stereocenters. The van der Waals surface area contributed by atoms with Crippen LogP contribution in [0.25, 0.3) is 16.9 Å². The van der Waals surface area contributed by atoms with Crippen LogP contribution in [0.5, 0.6) is 0 Å². The van der Waals surface area contributed by atoms with E-state index in [4.69, 9.17) is 4.74 Å². The van der Waals surface area contributed by atoms with Crippen LogP contribution in [0, 0.1) is 5.82 Å². The fourth-order valence-electron chi connectivity index (χ4n) is 4.03. The molecule has 3 rings (SSSR count). The third kappa shape index (κ3) is 7.04. The second-order valence-electron chi connectivity index (χ2n) is 8.57. The van der Waals surface area contributed by atoms with E-state index in [1.807, 2.05) is 35.8 Å². The number of hydrogen-bond acceptors (Lipinski definition) is 4. The summed E-state index contributed by atoms with van der Waals surface area (Å²) in [4.78, 5) is 36.1. The fourth-order valence-corrected chi connectivity index (χ4v) is 4.03. The molecule has 36 heavy (non-hydrogen) atoms.